The lowest BCUT2D eigenvalue weighted by Gasteiger charge is -2.36. The maximum absolute atomic E-state index is 6.18. The van der Waals surface area contributed by atoms with E-state index in [-0.39, 0.29) is 29.6 Å². The molecule has 2 rings (SSSR count). The van der Waals surface area contributed by atoms with Crippen molar-refractivity contribution in [1.29, 1.82) is 0 Å². The number of nitrogens with one attached hydrogen (secondary N) is 1. The van der Waals surface area contributed by atoms with Crippen LogP contribution in [-0.2, 0) is 11.2 Å². The van der Waals surface area contributed by atoms with Crippen LogP contribution in [0.15, 0.2) is 23.2 Å². The lowest BCUT2D eigenvalue weighted by molar-refractivity contribution is -0.0624. The fraction of sp³-hybridized carbons (Fsp3) is 0.667. The van der Waals surface area contributed by atoms with E-state index in [9.17, 15) is 0 Å². The molecule has 0 bridgehead atoms. The number of nitrogens with zero attached hydrogens (tertiary/aromatic N) is 1. The summed E-state index contributed by atoms with van der Waals surface area (Å²) in [6.45, 7) is 4.29. The molecule has 1 aliphatic carbocycles. The Morgan fingerprint density at radius 1 is 1.14 bits per heavy atom. The first kappa shape index (κ1) is 24.8. The number of hydrogen-bond acceptors (Lipinski definition) is 4. The van der Waals surface area contributed by atoms with Gasteiger partial charge in [-0.2, -0.15) is 0 Å². The van der Waals surface area contributed by atoms with E-state index in [0.717, 1.165) is 49.4 Å². The molecule has 28 heavy (non-hydrogen) atoms. The summed E-state index contributed by atoms with van der Waals surface area (Å²) in [5.41, 5.74) is 7.12. The predicted molar refractivity (Wildman–Crippen MR) is 125 cm³/mol. The lowest BCUT2D eigenvalue weighted by Crippen LogP contribution is -2.41. The molecule has 1 aromatic carbocycles. The Labute approximate surface area is 186 Å². The summed E-state index contributed by atoms with van der Waals surface area (Å²) >= 11 is 0. The van der Waals surface area contributed by atoms with Crippen LogP contribution in [0.1, 0.15) is 51.0 Å². The average molecular weight is 505 g/mol. The summed E-state index contributed by atoms with van der Waals surface area (Å²) in [6, 6.07) is 5.94. The minimum atomic E-state index is -0.121. The molecule has 0 aromatic heterocycles. The molecule has 1 aliphatic rings. The molecule has 0 unspecified atom stereocenters. The van der Waals surface area contributed by atoms with Crippen LogP contribution in [0.4, 0.5) is 0 Å². The van der Waals surface area contributed by atoms with Gasteiger partial charge in [-0.25, -0.2) is 0 Å². The molecule has 0 saturated heterocycles. The maximum Gasteiger partial charge on any atom is 0.188 e. The Morgan fingerprint density at radius 3 is 2.50 bits per heavy atom. The zero-order valence-electron chi connectivity index (χ0n) is 17.5. The van der Waals surface area contributed by atoms with Gasteiger partial charge in [-0.3, -0.25) is 4.99 Å². The number of ether oxygens (including phenoxy) is 3. The van der Waals surface area contributed by atoms with Gasteiger partial charge in [0.1, 0.15) is 0 Å². The van der Waals surface area contributed by atoms with Crippen molar-refractivity contribution in [3.8, 4) is 11.5 Å². The zero-order chi connectivity index (χ0) is 19.5. The third kappa shape index (κ3) is 7.66. The van der Waals surface area contributed by atoms with E-state index >= 15 is 0 Å². The highest BCUT2D eigenvalue weighted by Crippen LogP contribution is 2.32. The summed E-state index contributed by atoms with van der Waals surface area (Å²) in [5.74, 6) is 1.96. The highest BCUT2D eigenvalue weighted by Gasteiger charge is 2.32. The van der Waals surface area contributed by atoms with Crippen molar-refractivity contribution in [3.05, 3.63) is 23.8 Å². The fourth-order valence-corrected chi connectivity index (χ4v) is 3.52. The molecule has 1 fully saturated rings. The minimum absolute atomic E-state index is 0. The van der Waals surface area contributed by atoms with Crippen molar-refractivity contribution in [1.82, 2.24) is 5.32 Å². The van der Waals surface area contributed by atoms with Gasteiger partial charge in [0.25, 0.3) is 0 Å². The number of benzene rings is 1. The van der Waals surface area contributed by atoms with Crippen LogP contribution in [0, 0.1) is 0 Å². The van der Waals surface area contributed by atoms with Crippen LogP contribution in [0.25, 0.3) is 0 Å². The number of halogens is 1. The number of nitrogens with two attached hydrogens (primary N) is 1. The summed E-state index contributed by atoms with van der Waals surface area (Å²) in [6.07, 6.45) is 7.74. The van der Waals surface area contributed by atoms with Crippen LogP contribution in [0.2, 0.25) is 0 Å². The molecule has 7 heteroatoms. The molecule has 0 atom stereocenters. The third-order valence-corrected chi connectivity index (χ3v) is 5.08. The minimum Gasteiger partial charge on any atom is -0.493 e. The smallest absolute Gasteiger partial charge is 0.188 e. The topological polar surface area (TPSA) is 78.1 Å². The normalized spacial score (nSPS) is 16.2. The standard InChI is InChI=1S/C21H35N3O3.HI/c1-4-14-27-21(11-6-5-7-12-21)16-24-20(22)23-13-10-17-8-9-18(25-2)19(15-17)26-3;/h8-9,15H,4-7,10-14,16H2,1-3H3,(H3,22,23,24);1H. The van der Waals surface area contributed by atoms with Gasteiger partial charge in [0.15, 0.2) is 17.5 Å². The molecule has 0 radical (unpaired) electrons. The molecule has 3 N–H and O–H groups in total. The lowest BCUT2D eigenvalue weighted by atomic mass is 9.84. The Bertz CT molecular complexity index is 605. The monoisotopic (exact) mass is 505 g/mol. The molecular formula is C21H36IN3O3. The van der Waals surface area contributed by atoms with Crippen LogP contribution < -0.4 is 20.5 Å². The Balaban J connectivity index is 0.00000392. The van der Waals surface area contributed by atoms with E-state index in [1.807, 2.05) is 18.2 Å². The van der Waals surface area contributed by atoms with Crippen molar-refractivity contribution < 1.29 is 14.2 Å². The van der Waals surface area contributed by atoms with Gasteiger partial charge < -0.3 is 25.3 Å². The highest BCUT2D eigenvalue weighted by atomic mass is 127. The van der Waals surface area contributed by atoms with Gasteiger partial charge in [0.05, 0.1) is 26.4 Å². The van der Waals surface area contributed by atoms with Gasteiger partial charge in [0, 0.05) is 13.2 Å². The quantitative estimate of drug-likeness (QED) is 0.287. The summed E-state index contributed by atoms with van der Waals surface area (Å²) in [4.78, 5) is 4.58. The van der Waals surface area contributed by atoms with Crippen molar-refractivity contribution in [2.24, 2.45) is 10.7 Å². The Kier molecular flexibility index (Phi) is 11.6. The number of hydrogen-bond donors (Lipinski definition) is 2. The second-order valence-electron chi connectivity index (χ2n) is 7.16. The first-order valence-electron chi connectivity index (χ1n) is 10.0. The van der Waals surface area contributed by atoms with Crippen molar-refractivity contribution in [2.75, 3.05) is 33.9 Å². The molecule has 0 spiro atoms. The van der Waals surface area contributed by atoms with Gasteiger partial charge in [-0.1, -0.05) is 32.3 Å². The van der Waals surface area contributed by atoms with E-state index in [4.69, 9.17) is 19.9 Å². The fourth-order valence-electron chi connectivity index (χ4n) is 3.52. The molecule has 0 aliphatic heterocycles. The van der Waals surface area contributed by atoms with E-state index in [1.165, 1.54) is 19.3 Å². The third-order valence-electron chi connectivity index (χ3n) is 5.08. The molecule has 0 heterocycles. The van der Waals surface area contributed by atoms with Crippen molar-refractivity contribution >= 4 is 29.9 Å². The van der Waals surface area contributed by atoms with E-state index < -0.39 is 0 Å². The first-order valence-corrected chi connectivity index (χ1v) is 10.0. The van der Waals surface area contributed by atoms with E-state index in [0.29, 0.717) is 19.0 Å². The number of methoxy groups -OCH3 is 2. The summed E-state index contributed by atoms with van der Waals surface area (Å²) in [5, 5.41) is 3.21. The largest absolute Gasteiger partial charge is 0.493 e. The van der Waals surface area contributed by atoms with E-state index in [2.05, 4.69) is 17.2 Å². The van der Waals surface area contributed by atoms with Crippen molar-refractivity contribution in [2.45, 2.75) is 57.5 Å². The zero-order valence-corrected chi connectivity index (χ0v) is 19.8. The van der Waals surface area contributed by atoms with Gasteiger partial charge in [-0.05, 0) is 43.4 Å². The molecule has 1 saturated carbocycles. The molecule has 0 amide bonds. The van der Waals surface area contributed by atoms with Gasteiger partial charge in [0.2, 0.25) is 0 Å². The Morgan fingerprint density at radius 2 is 1.86 bits per heavy atom. The van der Waals surface area contributed by atoms with Gasteiger partial charge in [-0.15, -0.1) is 24.0 Å². The first-order chi connectivity index (χ1) is 13.1. The number of guanidine groups is 1. The SMILES string of the molecule is CCCOC1(CN=C(N)NCCc2ccc(OC)c(OC)c2)CCCCC1.I. The summed E-state index contributed by atoms with van der Waals surface area (Å²) < 4.78 is 16.8. The molecule has 1 aromatic rings. The predicted octanol–water partition coefficient (Wildman–Crippen LogP) is 3.90. The van der Waals surface area contributed by atoms with Crippen molar-refractivity contribution in [3.63, 3.8) is 0 Å². The Hall–Kier alpha value is -1.22. The van der Waals surface area contributed by atoms with Crippen LogP contribution in [0.5, 0.6) is 11.5 Å². The molecule has 160 valence electrons. The summed E-state index contributed by atoms with van der Waals surface area (Å²) in [7, 11) is 3.28. The molecule has 6 nitrogen and oxygen atoms in total. The average Bonchev–Trinajstić information content (AvgIpc) is 2.71. The maximum atomic E-state index is 6.18. The van der Waals surface area contributed by atoms with Crippen LogP contribution >= 0.6 is 24.0 Å². The van der Waals surface area contributed by atoms with Crippen LogP contribution in [-0.4, -0.2) is 45.5 Å². The van der Waals surface area contributed by atoms with E-state index in [1.54, 1.807) is 14.2 Å². The molecular weight excluding hydrogens is 469 g/mol. The number of rotatable bonds is 10. The van der Waals surface area contributed by atoms with Gasteiger partial charge >= 0.3 is 0 Å². The second kappa shape index (κ2) is 13.1. The van der Waals surface area contributed by atoms with Crippen LogP contribution in [0.3, 0.4) is 0 Å². The number of aliphatic imine (C=N–C) groups is 1. The second-order valence-corrected chi connectivity index (χ2v) is 7.16. The highest BCUT2D eigenvalue weighted by molar-refractivity contribution is 14.0.